The average molecular weight is 469 g/mol. The molecule has 0 spiro atoms. The van der Waals surface area contributed by atoms with Crippen LogP contribution >= 0.6 is 0 Å². The number of hydrogen-bond acceptors (Lipinski definition) is 0. The molecule has 188 valence electrons. The molecule has 0 nitrogen and oxygen atoms in total. The van der Waals surface area contributed by atoms with Crippen molar-refractivity contribution in [3.63, 3.8) is 0 Å². The van der Waals surface area contributed by atoms with Gasteiger partial charge in [0, 0.05) is 11.1 Å². The topological polar surface area (TPSA) is 0 Å². The predicted octanol–water partition coefficient (Wildman–Crippen LogP) is 10.1. The second-order valence-electron chi connectivity index (χ2n) is 10.7. The van der Waals surface area contributed by atoms with Gasteiger partial charge in [0.2, 0.25) is 0 Å². The Kier molecular flexibility index (Phi) is 12.8. The lowest BCUT2D eigenvalue weighted by atomic mass is 9.78. The summed E-state index contributed by atoms with van der Waals surface area (Å²) in [5, 5.41) is 0. The Morgan fingerprint density at radius 1 is 0.600 bits per heavy atom. The van der Waals surface area contributed by atoms with Crippen molar-refractivity contribution in [2.75, 3.05) is 0 Å². The van der Waals surface area contributed by atoms with Gasteiger partial charge in [-0.1, -0.05) is 126 Å². The molecule has 35 heavy (non-hydrogen) atoms. The fraction of sp³-hybridized carbons (Fsp3) is 0.543. The zero-order chi connectivity index (χ0) is 24.6. The first kappa shape index (κ1) is 27.3. The number of unbranched alkanes of at least 4 members (excludes halogenated alkanes) is 4. The summed E-state index contributed by atoms with van der Waals surface area (Å²) in [6, 6.07) is 17.8. The van der Waals surface area contributed by atoms with E-state index in [1.165, 1.54) is 94.6 Å². The molecular weight excluding hydrogens is 420 g/mol. The maximum atomic E-state index is 3.35. The molecule has 2 aromatic rings. The molecule has 1 fully saturated rings. The smallest absolute Gasteiger partial charge is 0.0249 e. The minimum absolute atomic E-state index is 0.942. The van der Waals surface area contributed by atoms with Crippen molar-refractivity contribution >= 4 is 0 Å². The van der Waals surface area contributed by atoms with Gasteiger partial charge < -0.3 is 0 Å². The summed E-state index contributed by atoms with van der Waals surface area (Å²) in [6.45, 7) is 4.56. The molecule has 0 radical (unpaired) electrons. The van der Waals surface area contributed by atoms with Crippen LogP contribution in [0.1, 0.15) is 120 Å². The summed E-state index contributed by atoms with van der Waals surface area (Å²) in [6.07, 6.45) is 24.8. The Bertz CT molecular complexity index is 895. The molecule has 0 heteroatoms. The maximum Gasteiger partial charge on any atom is 0.0249 e. The molecule has 0 aliphatic heterocycles. The molecule has 0 N–H and O–H groups in total. The Hall–Kier alpha value is -2.26. The van der Waals surface area contributed by atoms with Crippen molar-refractivity contribution in [3.05, 3.63) is 82.9 Å². The quantitative estimate of drug-likeness (QED) is 0.156. The first-order valence-corrected chi connectivity index (χ1v) is 14.6. The van der Waals surface area contributed by atoms with Crippen LogP contribution in [-0.4, -0.2) is 0 Å². The molecule has 1 saturated carbocycles. The van der Waals surface area contributed by atoms with Gasteiger partial charge >= 0.3 is 0 Å². The van der Waals surface area contributed by atoms with Gasteiger partial charge in [-0.15, -0.1) is 0 Å². The molecule has 0 atom stereocenters. The Morgan fingerprint density at radius 2 is 1.11 bits per heavy atom. The summed E-state index contributed by atoms with van der Waals surface area (Å²) in [5.41, 5.74) is 5.07. The van der Waals surface area contributed by atoms with E-state index in [1.54, 1.807) is 0 Å². The van der Waals surface area contributed by atoms with Crippen molar-refractivity contribution < 1.29 is 0 Å². The SMILES string of the molecule is CCCC/C=C/CCc1ccc(C#Cc2ccc(CCC3CCC(CCCCC)CC3)cc2)cc1. The second kappa shape index (κ2) is 16.4. The third kappa shape index (κ3) is 10.9. The predicted molar refractivity (Wildman–Crippen MR) is 154 cm³/mol. The van der Waals surface area contributed by atoms with Crippen molar-refractivity contribution in [1.29, 1.82) is 0 Å². The highest BCUT2D eigenvalue weighted by molar-refractivity contribution is 5.44. The van der Waals surface area contributed by atoms with Crippen LogP contribution in [0, 0.1) is 23.7 Å². The minimum atomic E-state index is 0.942. The van der Waals surface area contributed by atoms with Crippen molar-refractivity contribution in [2.45, 2.75) is 110 Å². The number of allylic oxidation sites excluding steroid dienone is 2. The lowest BCUT2D eigenvalue weighted by Crippen LogP contribution is -2.15. The second-order valence-corrected chi connectivity index (χ2v) is 10.7. The highest BCUT2D eigenvalue weighted by Crippen LogP contribution is 2.34. The van der Waals surface area contributed by atoms with Gasteiger partial charge in [0.05, 0.1) is 0 Å². The minimum Gasteiger partial charge on any atom is -0.0885 e. The fourth-order valence-electron chi connectivity index (χ4n) is 5.32. The van der Waals surface area contributed by atoms with Crippen LogP contribution in [0.2, 0.25) is 0 Å². The van der Waals surface area contributed by atoms with Gasteiger partial charge in [-0.3, -0.25) is 0 Å². The number of hydrogen-bond donors (Lipinski definition) is 0. The number of aryl methyl sites for hydroxylation is 2. The van der Waals surface area contributed by atoms with E-state index in [4.69, 9.17) is 0 Å². The Morgan fingerprint density at radius 3 is 1.69 bits per heavy atom. The van der Waals surface area contributed by atoms with Crippen LogP contribution < -0.4 is 0 Å². The standard InChI is InChI=1S/C35H48/c1-3-5-7-8-9-11-13-31-16-20-33(21-17-31)23-25-35-28-26-34(27-29-35)24-22-32-18-14-30(15-19-32)12-10-6-4-2/h8-9,16-17,20-21,26-30,32H,3-7,10-15,18-19,22,24H2,1-2H3/b9-8+. The zero-order valence-corrected chi connectivity index (χ0v) is 22.5. The monoisotopic (exact) mass is 468 g/mol. The molecule has 2 aromatic carbocycles. The zero-order valence-electron chi connectivity index (χ0n) is 22.5. The molecule has 0 unspecified atom stereocenters. The average Bonchev–Trinajstić information content (AvgIpc) is 2.90. The molecule has 0 bridgehead atoms. The van der Waals surface area contributed by atoms with Crippen LogP contribution in [0.25, 0.3) is 0 Å². The van der Waals surface area contributed by atoms with Gasteiger partial charge in [-0.2, -0.15) is 0 Å². The Balaban J connectivity index is 1.37. The van der Waals surface area contributed by atoms with Gasteiger partial charge in [0.25, 0.3) is 0 Å². The number of benzene rings is 2. The molecule has 3 rings (SSSR count). The third-order valence-corrected chi connectivity index (χ3v) is 7.77. The molecular formula is C35H48. The van der Waals surface area contributed by atoms with E-state index in [0.29, 0.717) is 0 Å². The molecule has 0 amide bonds. The third-order valence-electron chi connectivity index (χ3n) is 7.77. The summed E-state index contributed by atoms with van der Waals surface area (Å²) in [5.74, 6) is 8.65. The maximum absolute atomic E-state index is 3.35. The van der Waals surface area contributed by atoms with Crippen LogP contribution in [0.15, 0.2) is 60.7 Å². The highest BCUT2D eigenvalue weighted by Gasteiger charge is 2.20. The summed E-state index contributed by atoms with van der Waals surface area (Å²) >= 11 is 0. The van der Waals surface area contributed by atoms with Crippen LogP contribution in [0.3, 0.4) is 0 Å². The summed E-state index contributed by atoms with van der Waals surface area (Å²) in [7, 11) is 0. The summed E-state index contributed by atoms with van der Waals surface area (Å²) < 4.78 is 0. The van der Waals surface area contributed by atoms with E-state index in [2.05, 4.69) is 86.4 Å². The molecule has 0 heterocycles. The van der Waals surface area contributed by atoms with Gasteiger partial charge in [-0.05, 0) is 79.3 Å². The normalized spacial score (nSPS) is 17.9. The highest BCUT2D eigenvalue weighted by atomic mass is 14.3. The molecule has 1 aliphatic rings. The van der Waals surface area contributed by atoms with E-state index in [9.17, 15) is 0 Å². The van der Waals surface area contributed by atoms with E-state index in [1.807, 2.05) is 0 Å². The first-order chi connectivity index (χ1) is 17.3. The van der Waals surface area contributed by atoms with Crippen molar-refractivity contribution in [1.82, 2.24) is 0 Å². The molecule has 1 aliphatic carbocycles. The Labute approximate surface area is 216 Å². The van der Waals surface area contributed by atoms with Gasteiger partial charge in [0.1, 0.15) is 0 Å². The van der Waals surface area contributed by atoms with Crippen molar-refractivity contribution in [2.24, 2.45) is 11.8 Å². The first-order valence-electron chi connectivity index (χ1n) is 14.6. The lowest BCUT2D eigenvalue weighted by Gasteiger charge is -2.28. The van der Waals surface area contributed by atoms with E-state index < -0.39 is 0 Å². The lowest BCUT2D eigenvalue weighted by molar-refractivity contribution is 0.249. The van der Waals surface area contributed by atoms with Crippen LogP contribution in [0.4, 0.5) is 0 Å². The largest absolute Gasteiger partial charge is 0.0885 e. The molecule has 0 saturated heterocycles. The summed E-state index contributed by atoms with van der Waals surface area (Å²) in [4.78, 5) is 0. The van der Waals surface area contributed by atoms with Crippen LogP contribution in [-0.2, 0) is 12.8 Å². The fourth-order valence-corrected chi connectivity index (χ4v) is 5.32. The van der Waals surface area contributed by atoms with E-state index in [0.717, 1.165) is 35.8 Å². The van der Waals surface area contributed by atoms with E-state index in [-0.39, 0.29) is 0 Å². The van der Waals surface area contributed by atoms with Gasteiger partial charge in [-0.25, -0.2) is 0 Å². The van der Waals surface area contributed by atoms with Crippen LogP contribution in [0.5, 0.6) is 0 Å². The van der Waals surface area contributed by atoms with E-state index >= 15 is 0 Å². The van der Waals surface area contributed by atoms with Crippen molar-refractivity contribution in [3.8, 4) is 11.8 Å². The van der Waals surface area contributed by atoms with Gasteiger partial charge in [0.15, 0.2) is 0 Å². The number of rotatable bonds is 13. The molecule has 0 aromatic heterocycles.